The summed E-state index contributed by atoms with van der Waals surface area (Å²) in [5.74, 6) is 0.457. The van der Waals surface area contributed by atoms with Gasteiger partial charge in [-0.2, -0.15) is 0 Å². The van der Waals surface area contributed by atoms with E-state index < -0.39 is 0 Å². The van der Waals surface area contributed by atoms with Crippen molar-refractivity contribution in [1.29, 1.82) is 0 Å². The maximum Gasteiger partial charge on any atom is 0.271 e. The second-order valence-electron chi connectivity index (χ2n) is 5.86. The Hall–Kier alpha value is -2.93. The molecule has 1 aliphatic rings. The summed E-state index contributed by atoms with van der Waals surface area (Å²) in [5.41, 5.74) is 1.65. The predicted octanol–water partition coefficient (Wildman–Crippen LogP) is 1.94. The Balaban J connectivity index is 1.70. The minimum atomic E-state index is -0.286. The molecule has 0 saturated heterocycles. The van der Waals surface area contributed by atoms with Gasteiger partial charge in [0.1, 0.15) is 24.9 Å². The van der Waals surface area contributed by atoms with Crippen molar-refractivity contribution in [2.24, 2.45) is 4.99 Å². The lowest BCUT2D eigenvalue weighted by molar-refractivity contribution is 0.414. The first kappa shape index (κ1) is 16.5. The zero-order valence-corrected chi connectivity index (χ0v) is 14.9. The highest BCUT2D eigenvalue weighted by Crippen LogP contribution is 2.16. The van der Waals surface area contributed by atoms with Crippen LogP contribution >= 0.6 is 11.3 Å². The summed E-state index contributed by atoms with van der Waals surface area (Å²) in [6.45, 7) is 0.829. The van der Waals surface area contributed by atoms with E-state index in [2.05, 4.69) is 4.99 Å². The van der Waals surface area contributed by atoms with Gasteiger partial charge in [0.2, 0.25) is 0 Å². The van der Waals surface area contributed by atoms with Gasteiger partial charge in [-0.3, -0.25) is 9.36 Å². The molecule has 26 heavy (non-hydrogen) atoms. The van der Waals surface area contributed by atoms with Crippen LogP contribution in [0.1, 0.15) is 5.56 Å². The lowest BCUT2D eigenvalue weighted by atomic mass is 10.2. The van der Waals surface area contributed by atoms with Crippen molar-refractivity contribution in [3.63, 3.8) is 0 Å². The molecule has 1 aliphatic heterocycles. The number of aromatic nitrogens is 1. The third-order valence-corrected chi connectivity index (χ3v) is 5.20. The summed E-state index contributed by atoms with van der Waals surface area (Å²) in [6, 6.07) is 13.7. The van der Waals surface area contributed by atoms with Crippen molar-refractivity contribution in [3.8, 4) is 5.75 Å². The zero-order chi connectivity index (χ0) is 18.1. The molecule has 0 aliphatic carbocycles. The van der Waals surface area contributed by atoms with E-state index in [-0.39, 0.29) is 11.4 Å². The van der Waals surface area contributed by atoms with Gasteiger partial charge in [-0.15, -0.1) is 0 Å². The van der Waals surface area contributed by atoms with Crippen LogP contribution in [0, 0.1) is 5.82 Å². The van der Waals surface area contributed by atoms with Crippen molar-refractivity contribution in [1.82, 2.24) is 4.57 Å². The summed E-state index contributed by atoms with van der Waals surface area (Å²) < 4.78 is 20.6. The molecule has 4 rings (SSSR count). The van der Waals surface area contributed by atoms with E-state index in [4.69, 9.17) is 4.74 Å². The van der Waals surface area contributed by atoms with Crippen molar-refractivity contribution >= 4 is 23.1 Å². The number of methoxy groups -OCH3 is 1. The smallest absolute Gasteiger partial charge is 0.271 e. The van der Waals surface area contributed by atoms with Gasteiger partial charge < -0.3 is 9.64 Å². The van der Waals surface area contributed by atoms with Crippen molar-refractivity contribution in [3.05, 3.63) is 79.6 Å². The molecule has 0 bridgehead atoms. The van der Waals surface area contributed by atoms with E-state index in [9.17, 15) is 9.18 Å². The second-order valence-corrected chi connectivity index (χ2v) is 6.87. The Kier molecular flexibility index (Phi) is 4.30. The second kappa shape index (κ2) is 6.76. The predicted molar refractivity (Wildman–Crippen MR) is 99.7 cm³/mol. The number of halogens is 1. The van der Waals surface area contributed by atoms with Crippen molar-refractivity contribution < 1.29 is 9.13 Å². The number of fused-ring (bicyclic) bond motifs is 1. The average Bonchev–Trinajstić information content (AvgIpc) is 2.98. The Labute approximate surface area is 152 Å². The summed E-state index contributed by atoms with van der Waals surface area (Å²) in [4.78, 5) is 19.9. The number of thiazole rings is 1. The van der Waals surface area contributed by atoms with Crippen LogP contribution < -0.4 is 24.5 Å². The maximum atomic E-state index is 13.1. The highest BCUT2D eigenvalue weighted by molar-refractivity contribution is 7.07. The number of ether oxygens (including phenoxy) is 1. The van der Waals surface area contributed by atoms with Gasteiger partial charge in [0.15, 0.2) is 4.80 Å². The van der Waals surface area contributed by atoms with Gasteiger partial charge >= 0.3 is 0 Å². The topological polar surface area (TPSA) is 46.8 Å². The van der Waals surface area contributed by atoms with Crippen molar-refractivity contribution in [2.45, 2.75) is 6.67 Å². The summed E-state index contributed by atoms with van der Waals surface area (Å²) in [7, 11) is 1.61. The van der Waals surface area contributed by atoms with E-state index >= 15 is 0 Å². The number of anilines is 1. The summed E-state index contributed by atoms with van der Waals surface area (Å²) in [5, 5.41) is 0. The first-order chi connectivity index (χ1) is 12.6. The molecule has 0 atom stereocenters. The van der Waals surface area contributed by atoms with Crippen LogP contribution in [0.5, 0.6) is 5.75 Å². The molecule has 2 heterocycles. The normalized spacial score (nSPS) is 14.1. The molecule has 2 aromatic carbocycles. The molecule has 3 aromatic rings. The van der Waals surface area contributed by atoms with Crippen LogP contribution in [0.3, 0.4) is 0 Å². The van der Waals surface area contributed by atoms with E-state index in [0.29, 0.717) is 22.7 Å². The average molecular weight is 369 g/mol. The monoisotopic (exact) mass is 369 g/mol. The van der Waals surface area contributed by atoms with Crippen LogP contribution in [-0.4, -0.2) is 18.3 Å². The lowest BCUT2D eigenvalue weighted by Crippen LogP contribution is -2.42. The van der Waals surface area contributed by atoms with Gasteiger partial charge in [-0.1, -0.05) is 23.5 Å². The van der Waals surface area contributed by atoms with E-state index in [1.54, 1.807) is 23.8 Å². The van der Waals surface area contributed by atoms with Gasteiger partial charge in [-0.05, 0) is 48.0 Å². The first-order valence-electron chi connectivity index (χ1n) is 8.04. The standard InChI is InChI=1S/C19H16FN3O2S/c1-25-16-4-2-3-13(9-16)10-17-18(24)23-12-22(11-21-19(23)26-17)15-7-5-14(20)6-8-15/h2-10H,11-12H2,1H3. The van der Waals surface area contributed by atoms with Gasteiger partial charge in [0.05, 0.1) is 11.6 Å². The first-order valence-corrected chi connectivity index (χ1v) is 8.86. The molecule has 0 fully saturated rings. The Morgan fingerprint density at radius 1 is 1.23 bits per heavy atom. The summed E-state index contributed by atoms with van der Waals surface area (Å²) >= 11 is 1.37. The van der Waals surface area contributed by atoms with Crippen LogP contribution in [0.25, 0.3) is 6.08 Å². The fraction of sp³-hybridized carbons (Fsp3) is 0.158. The molecule has 132 valence electrons. The van der Waals surface area contributed by atoms with Gasteiger partial charge in [0, 0.05) is 5.69 Å². The molecule has 1 aromatic heterocycles. The third-order valence-electron chi connectivity index (χ3n) is 4.16. The highest BCUT2D eigenvalue weighted by Gasteiger charge is 2.16. The molecule has 0 radical (unpaired) electrons. The number of nitrogens with zero attached hydrogens (tertiary/aromatic N) is 3. The summed E-state index contributed by atoms with van der Waals surface area (Å²) in [6.07, 6.45) is 1.85. The van der Waals surface area contributed by atoms with Crippen LogP contribution in [0.4, 0.5) is 10.1 Å². The van der Waals surface area contributed by atoms with Crippen LogP contribution in [-0.2, 0) is 6.67 Å². The molecule has 5 nitrogen and oxygen atoms in total. The number of hydrogen-bond acceptors (Lipinski definition) is 5. The fourth-order valence-electron chi connectivity index (χ4n) is 2.81. The molecule has 0 unspecified atom stereocenters. The zero-order valence-electron chi connectivity index (χ0n) is 14.1. The van der Waals surface area contributed by atoms with Crippen molar-refractivity contribution in [2.75, 3.05) is 18.7 Å². The quantitative estimate of drug-likeness (QED) is 0.709. The van der Waals surface area contributed by atoms with E-state index in [1.165, 1.54) is 23.5 Å². The molecule has 0 spiro atoms. The number of benzene rings is 2. The highest BCUT2D eigenvalue weighted by atomic mass is 32.1. The van der Waals surface area contributed by atoms with Gasteiger partial charge in [-0.25, -0.2) is 9.38 Å². The minimum absolute atomic E-state index is 0.0802. The Morgan fingerprint density at radius 2 is 2.04 bits per heavy atom. The Morgan fingerprint density at radius 3 is 2.81 bits per heavy atom. The lowest BCUT2D eigenvalue weighted by Gasteiger charge is -2.25. The molecular formula is C19H16FN3O2S. The number of hydrogen-bond donors (Lipinski definition) is 0. The molecular weight excluding hydrogens is 353 g/mol. The molecule has 0 saturated carbocycles. The van der Waals surface area contributed by atoms with E-state index in [0.717, 1.165) is 17.0 Å². The fourth-order valence-corrected chi connectivity index (χ4v) is 3.77. The maximum absolute atomic E-state index is 13.1. The van der Waals surface area contributed by atoms with Crippen LogP contribution in [0.2, 0.25) is 0 Å². The third kappa shape index (κ3) is 3.13. The van der Waals surface area contributed by atoms with Gasteiger partial charge in [0.25, 0.3) is 5.56 Å². The molecule has 7 heteroatoms. The molecule has 0 N–H and O–H groups in total. The minimum Gasteiger partial charge on any atom is -0.497 e. The number of rotatable bonds is 3. The molecule has 0 amide bonds. The largest absolute Gasteiger partial charge is 0.497 e. The SMILES string of the molecule is COc1cccc(C=c2sc3n(c2=O)CN(c2ccc(F)cc2)CN=3)c1. The van der Waals surface area contributed by atoms with Crippen LogP contribution in [0.15, 0.2) is 58.3 Å². The van der Waals surface area contributed by atoms with E-state index in [1.807, 2.05) is 35.2 Å². The Bertz CT molecular complexity index is 1120.